The molecule has 6 rings (SSSR count). The molecule has 5 fully saturated rings. The highest BCUT2D eigenvalue weighted by atomic mass is 79.9. The average Bonchev–Trinajstić information content (AvgIpc) is 3.25. The highest BCUT2D eigenvalue weighted by Crippen LogP contribution is 2.42. The molecule has 1 atom stereocenters. The molecule has 4 aliphatic heterocycles. The molecule has 1 aromatic rings. The van der Waals surface area contributed by atoms with Crippen LogP contribution < -0.4 is 17.0 Å². The maximum atomic E-state index is 13.8. The van der Waals surface area contributed by atoms with Gasteiger partial charge >= 0.3 is 5.97 Å². The van der Waals surface area contributed by atoms with Gasteiger partial charge in [-0.05, 0) is 31.2 Å². The van der Waals surface area contributed by atoms with Crippen LogP contribution in [0.5, 0.6) is 0 Å². The molecule has 5 nitrogen and oxygen atoms in total. The van der Waals surface area contributed by atoms with Gasteiger partial charge in [0.05, 0.1) is 18.5 Å². The molecule has 0 N–H and O–H groups in total. The number of hydrogen-bond donors (Lipinski definition) is 0. The van der Waals surface area contributed by atoms with Gasteiger partial charge in [0.2, 0.25) is 0 Å². The second-order valence-electron chi connectivity index (χ2n) is 10.9. The molecule has 33 heavy (non-hydrogen) atoms. The standard InChI is InChI=1S/C27H39N2O3.BrH/c30-25(28-16-8-9-17-28)21-29-18-12-22(13-19-29)24(20-29)32-26(31)27(14-6-1-2-7-15-27)23-10-4-3-5-11-23;/h3-5,10-11,22,24H,1-2,6-9,12-21H2;1H/q+1;/p-1/t22?,24-,29?;/m0./s1. The summed E-state index contributed by atoms with van der Waals surface area (Å²) in [5.41, 5.74) is 0.626. The fourth-order valence-electron chi connectivity index (χ4n) is 6.88. The zero-order chi connectivity index (χ0) is 22.0. The Bertz CT molecular complexity index is 808. The molecule has 6 heteroatoms. The first kappa shape index (κ1) is 24.7. The summed E-state index contributed by atoms with van der Waals surface area (Å²) in [6.07, 6.45) is 10.7. The number of piperidine rings is 3. The van der Waals surface area contributed by atoms with Crippen molar-refractivity contribution in [3.63, 3.8) is 0 Å². The molecular weight excluding hydrogens is 480 g/mol. The summed E-state index contributed by atoms with van der Waals surface area (Å²) in [5.74, 6) is 0.755. The Balaban J connectivity index is 0.00000259. The summed E-state index contributed by atoms with van der Waals surface area (Å²) in [6, 6.07) is 10.4. The molecular formula is C27H39BrN2O3. The van der Waals surface area contributed by atoms with Crippen molar-refractivity contribution in [2.45, 2.75) is 75.7 Å². The third-order valence-electron chi connectivity index (χ3n) is 8.90. The third kappa shape index (κ3) is 5.02. The number of amides is 1. The van der Waals surface area contributed by atoms with Crippen LogP contribution in [-0.4, -0.2) is 66.6 Å². The number of benzene rings is 1. The van der Waals surface area contributed by atoms with Gasteiger partial charge in [0.15, 0.2) is 12.6 Å². The van der Waals surface area contributed by atoms with Crippen LogP contribution in [0.15, 0.2) is 30.3 Å². The first-order valence-corrected chi connectivity index (χ1v) is 13.0. The number of nitrogens with zero attached hydrogens (tertiary/aromatic N) is 2. The van der Waals surface area contributed by atoms with Crippen LogP contribution in [0, 0.1) is 5.92 Å². The lowest BCUT2D eigenvalue weighted by molar-refractivity contribution is -0.939. The minimum atomic E-state index is -0.500. The van der Waals surface area contributed by atoms with Crippen LogP contribution >= 0.6 is 0 Å². The van der Waals surface area contributed by atoms with E-state index in [2.05, 4.69) is 12.1 Å². The van der Waals surface area contributed by atoms with E-state index in [1.807, 2.05) is 23.1 Å². The monoisotopic (exact) mass is 518 g/mol. The molecule has 1 saturated carbocycles. The minimum Gasteiger partial charge on any atom is -1.00 e. The van der Waals surface area contributed by atoms with Crippen molar-refractivity contribution in [2.75, 3.05) is 39.3 Å². The summed E-state index contributed by atoms with van der Waals surface area (Å²) in [6.45, 7) is 5.36. The normalized spacial score (nSPS) is 30.8. The van der Waals surface area contributed by atoms with Crippen LogP contribution in [0.1, 0.15) is 69.8 Å². The topological polar surface area (TPSA) is 46.6 Å². The van der Waals surface area contributed by atoms with Gasteiger partial charge in [-0.2, -0.15) is 0 Å². The molecule has 0 unspecified atom stereocenters. The molecule has 5 aliphatic rings. The second-order valence-corrected chi connectivity index (χ2v) is 10.9. The molecule has 0 aromatic heterocycles. The van der Waals surface area contributed by atoms with E-state index in [1.54, 1.807) is 0 Å². The first-order valence-electron chi connectivity index (χ1n) is 13.0. The number of carbonyl (C=O) groups excluding carboxylic acids is 2. The Morgan fingerprint density at radius 1 is 0.939 bits per heavy atom. The van der Waals surface area contributed by atoms with Crippen LogP contribution in [-0.2, 0) is 19.7 Å². The Labute approximate surface area is 209 Å². The lowest BCUT2D eigenvalue weighted by Gasteiger charge is -2.52. The molecule has 0 radical (unpaired) electrons. The fourth-order valence-corrected chi connectivity index (χ4v) is 6.88. The van der Waals surface area contributed by atoms with Gasteiger partial charge < -0.3 is 31.1 Å². The summed E-state index contributed by atoms with van der Waals surface area (Å²) in [5, 5.41) is 0. The number of likely N-dealkylation sites (tertiary alicyclic amines) is 1. The van der Waals surface area contributed by atoms with Gasteiger partial charge in [-0.15, -0.1) is 0 Å². The molecule has 0 spiro atoms. The van der Waals surface area contributed by atoms with E-state index in [1.165, 1.54) is 12.8 Å². The van der Waals surface area contributed by atoms with Crippen molar-refractivity contribution < 1.29 is 35.8 Å². The first-order chi connectivity index (χ1) is 15.6. The van der Waals surface area contributed by atoms with Crippen molar-refractivity contribution >= 4 is 11.9 Å². The van der Waals surface area contributed by atoms with Gasteiger partial charge in [0, 0.05) is 31.8 Å². The van der Waals surface area contributed by atoms with Gasteiger partial charge in [-0.3, -0.25) is 9.59 Å². The molecule has 1 amide bonds. The number of esters is 1. The molecule has 1 aromatic carbocycles. The second kappa shape index (κ2) is 10.5. The van der Waals surface area contributed by atoms with Crippen LogP contribution in [0.2, 0.25) is 0 Å². The smallest absolute Gasteiger partial charge is 0.317 e. The highest BCUT2D eigenvalue weighted by molar-refractivity contribution is 5.83. The Morgan fingerprint density at radius 2 is 1.58 bits per heavy atom. The van der Waals surface area contributed by atoms with E-state index in [0.29, 0.717) is 18.4 Å². The van der Waals surface area contributed by atoms with E-state index in [9.17, 15) is 9.59 Å². The van der Waals surface area contributed by atoms with Crippen molar-refractivity contribution in [1.29, 1.82) is 0 Å². The molecule has 4 saturated heterocycles. The maximum Gasteiger partial charge on any atom is 0.317 e. The lowest BCUT2D eigenvalue weighted by atomic mass is 9.74. The van der Waals surface area contributed by atoms with E-state index in [0.717, 1.165) is 94.1 Å². The minimum absolute atomic E-state index is 0. The number of ether oxygens (including phenoxy) is 1. The summed E-state index contributed by atoms with van der Waals surface area (Å²) < 4.78 is 7.25. The Morgan fingerprint density at radius 3 is 2.21 bits per heavy atom. The molecule has 4 heterocycles. The Kier molecular flexibility index (Phi) is 7.84. The number of rotatable bonds is 5. The van der Waals surface area contributed by atoms with Gasteiger partial charge in [-0.25, -0.2) is 0 Å². The summed E-state index contributed by atoms with van der Waals surface area (Å²) in [7, 11) is 0. The number of fused-ring (bicyclic) bond motifs is 3. The van der Waals surface area contributed by atoms with Crippen LogP contribution in [0.25, 0.3) is 0 Å². The van der Waals surface area contributed by atoms with Gasteiger partial charge in [-0.1, -0.05) is 56.0 Å². The van der Waals surface area contributed by atoms with Crippen LogP contribution in [0.3, 0.4) is 0 Å². The van der Waals surface area contributed by atoms with Crippen molar-refractivity contribution in [1.82, 2.24) is 4.90 Å². The number of quaternary nitrogens is 1. The quantitative estimate of drug-likeness (QED) is 0.332. The zero-order valence-corrected chi connectivity index (χ0v) is 21.4. The largest absolute Gasteiger partial charge is 1.00 e. The Hall–Kier alpha value is -1.40. The van der Waals surface area contributed by atoms with Crippen LogP contribution in [0.4, 0.5) is 0 Å². The van der Waals surface area contributed by atoms with E-state index >= 15 is 0 Å². The highest BCUT2D eigenvalue weighted by Gasteiger charge is 2.51. The summed E-state index contributed by atoms with van der Waals surface area (Å²) >= 11 is 0. The van der Waals surface area contributed by atoms with E-state index < -0.39 is 5.41 Å². The number of hydrogen-bond acceptors (Lipinski definition) is 3. The number of halogens is 1. The van der Waals surface area contributed by atoms with Crippen molar-refractivity contribution in [2.24, 2.45) is 5.92 Å². The number of carbonyl (C=O) groups is 2. The fraction of sp³-hybridized carbons (Fsp3) is 0.704. The maximum absolute atomic E-state index is 13.8. The third-order valence-corrected chi connectivity index (χ3v) is 8.90. The van der Waals surface area contributed by atoms with Crippen molar-refractivity contribution in [3.05, 3.63) is 35.9 Å². The van der Waals surface area contributed by atoms with E-state index in [4.69, 9.17) is 4.74 Å². The summed E-state index contributed by atoms with van der Waals surface area (Å²) in [4.78, 5) is 28.8. The molecule has 1 aliphatic carbocycles. The SMILES string of the molecule is O=C(C[N+]12CCC(CC1)[C@@H](OC(=O)C1(c3ccccc3)CCCCCC1)C2)N1CCCC1.[Br-]. The van der Waals surface area contributed by atoms with Crippen molar-refractivity contribution in [3.8, 4) is 0 Å². The average molecular weight is 520 g/mol. The predicted molar refractivity (Wildman–Crippen MR) is 124 cm³/mol. The lowest BCUT2D eigenvalue weighted by Crippen LogP contribution is -3.00. The van der Waals surface area contributed by atoms with E-state index in [-0.39, 0.29) is 29.1 Å². The zero-order valence-electron chi connectivity index (χ0n) is 19.9. The molecule has 2 bridgehead atoms. The van der Waals surface area contributed by atoms with Gasteiger partial charge in [0.1, 0.15) is 6.54 Å². The van der Waals surface area contributed by atoms with Gasteiger partial charge in [0.25, 0.3) is 5.91 Å². The molecule has 182 valence electrons. The predicted octanol–water partition coefficient (Wildman–Crippen LogP) is 1.06.